The maximum atomic E-state index is 11.7. The summed E-state index contributed by atoms with van der Waals surface area (Å²) in [5.74, 6) is -1.54. The Balaban J connectivity index is 3.15. The van der Waals surface area contributed by atoms with Crippen molar-refractivity contribution in [2.45, 2.75) is 13.0 Å². The number of carbonyl (C=O) groups is 2. The Labute approximate surface area is 121 Å². The van der Waals surface area contributed by atoms with Crippen LogP contribution in [-0.4, -0.2) is 30.2 Å². The topological polar surface area (TPSA) is 75.6 Å². The molecule has 1 aromatic rings. The predicted molar refractivity (Wildman–Crippen MR) is 73.9 cm³/mol. The van der Waals surface area contributed by atoms with Crippen LogP contribution in [0.1, 0.15) is 17.3 Å². The zero-order valence-corrected chi connectivity index (χ0v) is 12.8. The highest BCUT2D eigenvalue weighted by molar-refractivity contribution is 9.11. The van der Waals surface area contributed by atoms with Gasteiger partial charge in [0.25, 0.3) is 5.91 Å². The number of rotatable bonds is 4. The number of amides is 1. The summed E-state index contributed by atoms with van der Waals surface area (Å²) in [6, 6.07) is 3.07. The smallest absolute Gasteiger partial charge is 0.337 e. The number of hydrogen-bond donors (Lipinski definition) is 2. The number of ether oxygens (including phenoxy) is 1. The molecule has 0 aliphatic heterocycles. The Morgan fingerprint density at radius 3 is 2.50 bits per heavy atom. The molecule has 18 heavy (non-hydrogen) atoms. The molecule has 7 heteroatoms. The summed E-state index contributed by atoms with van der Waals surface area (Å²) >= 11 is 6.41. The van der Waals surface area contributed by atoms with E-state index >= 15 is 0 Å². The van der Waals surface area contributed by atoms with Crippen LogP contribution in [0.15, 0.2) is 21.1 Å². The molecule has 0 radical (unpaired) electrons. The number of carbonyl (C=O) groups excluding carboxylic acids is 1. The number of halogens is 2. The Morgan fingerprint density at radius 1 is 1.39 bits per heavy atom. The maximum absolute atomic E-state index is 11.7. The molecule has 5 nitrogen and oxygen atoms in total. The molecule has 1 atom stereocenters. The van der Waals surface area contributed by atoms with Crippen molar-refractivity contribution < 1.29 is 19.4 Å². The molecular formula is C11H11Br2NO4. The van der Waals surface area contributed by atoms with Crippen LogP contribution in [0, 0.1) is 0 Å². The molecule has 1 aromatic carbocycles. The molecule has 0 aliphatic rings. The van der Waals surface area contributed by atoms with Crippen LogP contribution in [0.3, 0.4) is 0 Å². The van der Waals surface area contributed by atoms with E-state index in [4.69, 9.17) is 9.84 Å². The largest absolute Gasteiger partial charge is 0.478 e. The average Bonchev–Trinajstić information content (AvgIpc) is 2.30. The second-order valence-corrected chi connectivity index (χ2v) is 5.25. The van der Waals surface area contributed by atoms with E-state index in [2.05, 4.69) is 37.2 Å². The third kappa shape index (κ3) is 3.54. The van der Waals surface area contributed by atoms with Crippen LogP contribution in [0.2, 0.25) is 0 Å². The fourth-order valence-corrected chi connectivity index (χ4v) is 2.53. The monoisotopic (exact) mass is 379 g/mol. The summed E-state index contributed by atoms with van der Waals surface area (Å²) in [5.41, 5.74) is 0.201. The number of benzene rings is 1. The summed E-state index contributed by atoms with van der Waals surface area (Å²) in [4.78, 5) is 22.8. The first-order valence-corrected chi connectivity index (χ1v) is 6.51. The standard InChI is InChI=1S/C11H11Br2NO4/c1-5(18-2)10(15)14-9-7(11(16)17)3-6(12)4-8(9)13/h3-5H,1-2H3,(H,14,15)(H,16,17). The van der Waals surface area contributed by atoms with Gasteiger partial charge in [0, 0.05) is 16.1 Å². The van der Waals surface area contributed by atoms with E-state index in [1.54, 1.807) is 13.0 Å². The molecule has 0 saturated carbocycles. The first-order chi connectivity index (χ1) is 8.36. The van der Waals surface area contributed by atoms with Crippen molar-refractivity contribution in [3.8, 4) is 0 Å². The lowest BCUT2D eigenvalue weighted by molar-refractivity contribution is -0.124. The Kier molecular flexibility index (Phi) is 5.30. The zero-order chi connectivity index (χ0) is 13.9. The number of carboxylic acid groups (broad SMARTS) is 1. The van der Waals surface area contributed by atoms with Crippen molar-refractivity contribution in [1.82, 2.24) is 0 Å². The quantitative estimate of drug-likeness (QED) is 0.842. The van der Waals surface area contributed by atoms with Crippen molar-refractivity contribution in [1.29, 1.82) is 0 Å². The van der Waals surface area contributed by atoms with Crippen LogP contribution in [0.25, 0.3) is 0 Å². The zero-order valence-electron chi connectivity index (χ0n) is 9.66. The maximum Gasteiger partial charge on any atom is 0.337 e. The Hall–Kier alpha value is -0.920. The Bertz CT molecular complexity index is 490. The van der Waals surface area contributed by atoms with E-state index < -0.39 is 18.0 Å². The molecule has 1 amide bonds. The van der Waals surface area contributed by atoms with Crippen molar-refractivity contribution in [2.75, 3.05) is 12.4 Å². The number of methoxy groups -OCH3 is 1. The van der Waals surface area contributed by atoms with Gasteiger partial charge in [-0.15, -0.1) is 0 Å². The molecule has 0 saturated heterocycles. The molecule has 98 valence electrons. The molecular weight excluding hydrogens is 370 g/mol. The third-order valence-corrected chi connectivity index (χ3v) is 3.34. The molecule has 1 rings (SSSR count). The molecule has 0 spiro atoms. The number of nitrogens with one attached hydrogen (secondary N) is 1. The summed E-state index contributed by atoms with van der Waals surface area (Å²) in [6.45, 7) is 1.57. The molecule has 1 unspecified atom stereocenters. The van der Waals surface area contributed by atoms with Gasteiger partial charge in [0.2, 0.25) is 0 Å². The van der Waals surface area contributed by atoms with Crippen molar-refractivity contribution in [3.05, 3.63) is 26.6 Å². The van der Waals surface area contributed by atoms with E-state index in [-0.39, 0.29) is 11.3 Å². The lowest BCUT2D eigenvalue weighted by Gasteiger charge is -2.14. The van der Waals surface area contributed by atoms with Crippen LogP contribution >= 0.6 is 31.9 Å². The van der Waals surface area contributed by atoms with Crippen molar-refractivity contribution in [2.24, 2.45) is 0 Å². The molecule has 0 heterocycles. The minimum atomic E-state index is -1.13. The van der Waals surface area contributed by atoms with E-state index in [9.17, 15) is 9.59 Å². The van der Waals surface area contributed by atoms with Gasteiger partial charge < -0.3 is 15.2 Å². The van der Waals surface area contributed by atoms with E-state index in [0.29, 0.717) is 8.95 Å². The number of hydrogen-bond acceptors (Lipinski definition) is 3. The fraction of sp³-hybridized carbons (Fsp3) is 0.273. The van der Waals surface area contributed by atoms with E-state index in [0.717, 1.165) is 0 Å². The van der Waals surface area contributed by atoms with Gasteiger partial charge >= 0.3 is 5.97 Å². The molecule has 2 N–H and O–H groups in total. The van der Waals surface area contributed by atoms with Gasteiger partial charge in [-0.25, -0.2) is 4.79 Å². The highest BCUT2D eigenvalue weighted by atomic mass is 79.9. The molecule has 0 aliphatic carbocycles. The average molecular weight is 381 g/mol. The van der Waals surface area contributed by atoms with Gasteiger partial charge in [-0.1, -0.05) is 15.9 Å². The number of aromatic carboxylic acids is 1. The fourth-order valence-electron chi connectivity index (χ4n) is 1.20. The van der Waals surface area contributed by atoms with E-state index in [1.165, 1.54) is 13.2 Å². The van der Waals surface area contributed by atoms with Crippen LogP contribution in [-0.2, 0) is 9.53 Å². The first kappa shape index (κ1) is 15.1. The van der Waals surface area contributed by atoms with Crippen LogP contribution in [0.4, 0.5) is 5.69 Å². The number of carboxylic acids is 1. The van der Waals surface area contributed by atoms with Gasteiger partial charge in [0.15, 0.2) is 0 Å². The van der Waals surface area contributed by atoms with Gasteiger partial charge in [0.1, 0.15) is 6.10 Å². The SMILES string of the molecule is COC(C)C(=O)Nc1c(Br)cc(Br)cc1C(=O)O. The normalized spacial score (nSPS) is 12.0. The molecule has 0 bridgehead atoms. The highest BCUT2D eigenvalue weighted by Gasteiger charge is 2.19. The lowest BCUT2D eigenvalue weighted by atomic mass is 10.1. The minimum absolute atomic E-state index is 0.00657. The van der Waals surface area contributed by atoms with Crippen molar-refractivity contribution in [3.63, 3.8) is 0 Å². The Morgan fingerprint density at radius 2 is 2.00 bits per heavy atom. The summed E-state index contributed by atoms with van der Waals surface area (Å²) in [6.07, 6.45) is -0.665. The summed E-state index contributed by atoms with van der Waals surface area (Å²) < 4.78 is 5.94. The molecule has 0 aromatic heterocycles. The van der Waals surface area contributed by atoms with Gasteiger partial charge in [0.05, 0.1) is 11.3 Å². The van der Waals surface area contributed by atoms with Crippen LogP contribution < -0.4 is 5.32 Å². The second kappa shape index (κ2) is 6.31. The lowest BCUT2D eigenvalue weighted by Crippen LogP contribution is -2.27. The van der Waals surface area contributed by atoms with Gasteiger partial charge in [-0.05, 0) is 35.0 Å². The summed E-state index contributed by atoms with van der Waals surface area (Å²) in [7, 11) is 1.40. The summed E-state index contributed by atoms with van der Waals surface area (Å²) in [5, 5.41) is 11.6. The predicted octanol–water partition coefficient (Wildman–Crippen LogP) is 2.88. The third-order valence-electron chi connectivity index (χ3n) is 2.26. The highest BCUT2D eigenvalue weighted by Crippen LogP contribution is 2.31. The van der Waals surface area contributed by atoms with Gasteiger partial charge in [-0.2, -0.15) is 0 Å². The molecule has 0 fully saturated rings. The first-order valence-electron chi connectivity index (χ1n) is 4.92. The van der Waals surface area contributed by atoms with Gasteiger partial charge in [-0.3, -0.25) is 4.79 Å². The second-order valence-electron chi connectivity index (χ2n) is 3.48. The van der Waals surface area contributed by atoms with Crippen molar-refractivity contribution >= 4 is 49.4 Å². The minimum Gasteiger partial charge on any atom is -0.478 e. The number of anilines is 1. The van der Waals surface area contributed by atoms with E-state index in [1.807, 2.05) is 0 Å². The van der Waals surface area contributed by atoms with Crippen LogP contribution in [0.5, 0.6) is 0 Å².